The van der Waals surface area contributed by atoms with E-state index in [9.17, 15) is 9.18 Å². The highest BCUT2D eigenvalue weighted by atomic mass is 35.5. The smallest absolute Gasteiger partial charge is 0.252 e. The molecule has 0 saturated heterocycles. The van der Waals surface area contributed by atoms with Crippen LogP contribution in [0.2, 0.25) is 10.0 Å². The van der Waals surface area contributed by atoms with Gasteiger partial charge in [-0.1, -0.05) is 47.5 Å². The number of aliphatic hydroxyl groups excluding tert-OH is 1. The lowest BCUT2D eigenvalue weighted by atomic mass is 10.1. The van der Waals surface area contributed by atoms with Crippen molar-refractivity contribution in [2.45, 2.75) is 13.0 Å². The molecule has 0 aromatic heterocycles. The van der Waals surface area contributed by atoms with Gasteiger partial charge in [0.2, 0.25) is 0 Å². The van der Waals surface area contributed by atoms with Gasteiger partial charge in [-0.3, -0.25) is 4.79 Å². The summed E-state index contributed by atoms with van der Waals surface area (Å²) in [5.41, 5.74) is 1.90. The number of nitrogens with one attached hydrogen (secondary N) is 1. The van der Waals surface area contributed by atoms with E-state index < -0.39 is 11.7 Å². The Morgan fingerprint density at radius 1 is 1.09 bits per heavy atom. The third kappa shape index (κ3) is 4.19. The molecule has 0 fully saturated rings. The summed E-state index contributed by atoms with van der Waals surface area (Å²) in [7, 11) is 0. The molecule has 0 bridgehead atoms. The highest BCUT2D eigenvalue weighted by molar-refractivity contribution is 6.36. The van der Waals surface area contributed by atoms with Gasteiger partial charge in [-0.15, -0.1) is 0 Å². The van der Waals surface area contributed by atoms with E-state index in [1.807, 2.05) is 24.3 Å². The molecular formula is C16H14Cl2FNO2. The van der Waals surface area contributed by atoms with E-state index in [1.54, 1.807) is 0 Å². The maximum Gasteiger partial charge on any atom is 0.252 e. The third-order valence-electron chi connectivity index (χ3n) is 3.16. The van der Waals surface area contributed by atoms with Gasteiger partial charge in [0.05, 0.1) is 22.2 Å². The summed E-state index contributed by atoms with van der Waals surface area (Å²) in [6.45, 7) is 0.384. The molecule has 0 radical (unpaired) electrons. The molecule has 2 aromatic rings. The van der Waals surface area contributed by atoms with E-state index >= 15 is 0 Å². The summed E-state index contributed by atoms with van der Waals surface area (Å²) in [6.07, 6.45) is 0.616. The number of hydrogen-bond donors (Lipinski definition) is 2. The first kappa shape index (κ1) is 16.7. The number of carbonyl (C=O) groups is 1. The van der Waals surface area contributed by atoms with E-state index in [0.29, 0.717) is 13.0 Å². The molecule has 2 aromatic carbocycles. The largest absolute Gasteiger partial charge is 0.392 e. The Morgan fingerprint density at radius 3 is 2.36 bits per heavy atom. The lowest BCUT2D eigenvalue weighted by Crippen LogP contribution is -2.26. The van der Waals surface area contributed by atoms with Crippen molar-refractivity contribution in [2.24, 2.45) is 0 Å². The minimum atomic E-state index is -0.684. The van der Waals surface area contributed by atoms with Crippen LogP contribution in [-0.2, 0) is 13.0 Å². The number of aliphatic hydroxyl groups is 1. The molecule has 0 aliphatic heterocycles. The molecule has 0 aliphatic rings. The average Bonchev–Trinajstić information content (AvgIpc) is 2.51. The molecule has 2 rings (SSSR count). The van der Waals surface area contributed by atoms with Crippen LogP contribution in [0, 0.1) is 5.82 Å². The predicted octanol–water partition coefficient (Wildman–Crippen LogP) is 3.60. The fourth-order valence-corrected chi connectivity index (χ4v) is 2.39. The lowest BCUT2D eigenvalue weighted by molar-refractivity contribution is 0.0954. The van der Waals surface area contributed by atoms with E-state index in [1.165, 1.54) is 6.07 Å². The molecule has 0 aliphatic carbocycles. The summed E-state index contributed by atoms with van der Waals surface area (Å²) in [5, 5.41) is 11.6. The van der Waals surface area contributed by atoms with Crippen molar-refractivity contribution in [3.8, 4) is 0 Å². The van der Waals surface area contributed by atoms with Crippen LogP contribution in [0.5, 0.6) is 0 Å². The van der Waals surface area contributed by atoms with E-state index in [4.69, 9.17) is 28.3 Å². The van der Waals surface area contributed by atoms with Crippen LogP contribution in [0.15, 0.2) is 36.4 Å². The van der Waals surface area contributed by atoms with Gasteiger partial charge in [-0.25, -0.2) is 4.39 Å². The van der Waals surface area contributed by atoms with Gasteiger partial charge in [0.1, 0.15) is 5.82 Å². The highest BCUT2D eigenvalue weighted by Gasteiger charge is 2.13. The first-order valence-corrected chi connectivity index (χ1v) is 7.38. The first-order valence-electron chi connectivity index (χ1n) is 6.62. The Morgan fingerprint density at radius 2 is 1.73 bits per heavy atom. The topological polar surface area (TPSA) is 49.3 Å². The zero-order valence-electron chi connectivity index (χ0n) is 11.6. The Bertz CT molecular complexity index is 675. The maximum atomic E-state index is 13.4. The van der Waals surface area contributed by atoms with Gasteiger partial charge in [0.25, 0.3) is 5.91 Å². The van der Waals surface area contributed by atoms with Crippen LogP contribution in [0.3, 0.4) is 0 Å². The highest BCUT2D eigenvalue weighted by Crippen LogP contribution is 2.24. The quantitative estimate of drug-likeness (QED) is 0.816. The molecule has 0 unspecified atom stereocenters. The van der Waals surface area contributed by atoms with Gasteiger partial charge in [-0.05, 0) is 29.7 Å². The molecule has 6 heteroatoms. The van der Waals surface area contributed by atoms with Crippen LogP contribution in [-0.4, -0.2) is 17.6 Å². The van der Waals surface area contributed by atoms with Crippen molar-refractivity contribution >= 4 is 29.1 Å². The maximum absolute atomic E-state index is 13.4. The van der Waals surface area contributed by atoms with Crippen molar-refractivity contribution in [3.63, 3.8) is 0 Å². The van der Waals surface area contributed by atoms with E-state index in [0.717, 1.165) is 17.2 Å². The van der Waals surface area contributed by atoms with Crippen molar-refractivity contribution < 1.29 is 14.3 Å². The van der Waals surface area contributed by atoms with Crippen LogP contribution in [0.25, 0.3) is 0 Å². The lowest BCUT2D eigenvalue weighted by Gasteiger charge is -2.08. The molecule has 2 N–H and O–H groups in total. The van der Waals surface area contributed by atoms with Gasteiger partial charge in [-0.2, -0.15) is 0 Å². The van der Waals surface area contributed by atoms with Crippen molar-refractivity contribution in [1.29, 1.82) is 0 Å². The Kier molecular flexibility index (Phi) is 5.77. The molecule has 0 spiro atoms. The van der Waals surface area contributed by atoms with Crippen molar-refractivity contribution in [1.82, 2.24) is 5.32 Å². The Balaban J connectivity index is 1.94. The molecule has 0 atom stereocenters. The van der Waals surface area contributed by atoms with Crippen molar-refractivity contribution in [3.05, 3.63) is 69.0 Å². The van der Waals surface area contributed by atoms with Gasteiger partial charge >= 0.3 is 0 Å². The second-order valence-corrected chi connectivity index (χ2v) is 5.54. The molecule has 0 heterocycles. The van der Waals surface area contributed by atoms with Gasteiger partial charge in [0, 0.05) is 6.54 Å². The fourth-order valence-electron chi connectivity index (χ4n) is 1.92. The molecule has 3 nitrogen and oxygen atoms in total. The van der Waals surface area contributed by atoms with Crippen LogP contribution < -0.4 is 5.32 Å². The third-order valence-corrected chi connectivity index (χ3v) is 3.76. The fraction of sp³-hybridized carbons (Fsp3) is 0.188. The van der Waals surface area contributed by atoms with E-state index in [2.05, 4.69) is 5.32 Å². The number of amides is 1. The molecular weight excluding hydrogens is 328 g/mol. The second kappa shape index (κ2) is 7.58. The van der Waals surface area contributed by atoms with Crippen LogP contribution in [0.1, 0.15) is 21.5 Å². The SMILES string of the molecule is O=C(NCCc1ccc(CO)cc1)c1cc(F)c(Cl)cc1Cl. The normalized spacial score (nSPS) is 10.5. The zero-order valence-corrected chi connectivity index (χ0v) is 13.1. The van der Waals surface area contributed by atoms with E-state index in [-0.39, 0.29) is 22.2 Å². The van der Waals surface area contributed by atoms with Gasteiger partial charge in [0.15, 0.2) is 0 Å². The minimum absolute atomic E-state index is 0.00234. The standard InChI is InChI=1S/C16H14Cl2FNO2/c17-13-8-14(18)15(19)7-12(13)16(22)20-6-5-10-1-3-11(9-21)4-2-10/h1-4,7-8,21H,5-6,9H2,(H,20,22). The van der Waals surface area contributed by atoms with Crippen LogP contribution >= 0.6 is 23.2 Å². The summed E-state index contributed by atoms with van der Waals surface area (Å²) >= 11 is 11.5. The monoisotopic (exact) mass is 341 g/mol. The molecule has 22 heavy (non-hydrogen) atoms. The number of hydrogen-bond acceptors (Lipinski definition) is 2. The number of halogens is 3. The Hall–Kier alpha value is -1.62. The molecule has 116 valence electrons. The summed E-state index contributed by atoms with van der Waals surface area (Å²) < 4.78 is 13.4. The molecule has 0 saturated carbocycles. The number of carbonyl (C=O) groups excluding carboxylic acids is 1. The summed E-state index contributed by atoms with van der Waals surface area (Å²) in [6, 6.07) is 9.64. The van der Waals surface area contributed by atoms with Crippen molar-refractivity contribution in [2.75, 3.05) is 6.54 Å². The Labute approximate surface area is 137 Å². The van der Waals surface area contributed by atoms with Gasteiger partial charge < -0.3 is 10.4 Å². The summed E-state index contributed by atoms with van der Waals surface area (Å²) in [4.78, 5) is 12.0. The predicted molar refractivity (Wildman–Crippen MR) is 84.8 cm³/mol. The average molecular weight is 342 g/mol. The molecule has 1 amide bonds. The first-order chi connectivity index (χ1) is 10.5. The van der Waals surface area contributed by atoms with Crippen LogP contribution in [0.4, 0.5) is 4.39 Å². The minimum Gasteiger partial charge on any atom is -0.392 e. The number of benzene rings is 2. The summed E-state index contributed by atoms with van der Waals surface area (Å²) in [5.74, 6) is -1.14. The zero-order chi connectivity index (χ0) is 16.1. The second-order valence-electron chi connectivity index (χ2n) is 4.73. The number of rotatable bonds is 5.